The summed E-state index contributed by atoms with van der Waals surface area (Å²) in [6, 6.07) is 0. The second-order valence-electron chi connectivity index (χ2n) is 3.91. The van der Waals surface area contributed by atoms with Crippen LogP contribution in [0.15, 0.2) is 0 Å². The van der Waals surface area contributed by atoms with Gasteiger partial charge in [-0.3, -0.25) is 0 Å². The van der Waals surface area contributed by atoms with E-state index in [0.717, 1.165) is 26.4 Å². The van der Waals surface area contributed by atoms with Crippen LogP contribution in [-0.4, -0.2) is 50.3 Å². The second-order valence-corrected chi connectivity index (χ2v) is 3.91. The molecule has 0 bridgehead atoms. The molecule has 1 fully saturated rings. The first-order valence-electron chi connectivity index (χ1n) is 4.96. The summed E-state index contributed by atoms with van der Waals surface area (Å²) in [5.41, 5.74) is -0.108. The lowest BCUT2D eigenvalue weighted by Crippen LogP contribution is -2.20. The lowest BCUT2D eigenvalue weighted by Gasteiger charge is -2.18. The molecule has 1 heterocycles. The molecule has 0 unspecified atom stereocenters. The van der Waals surface area contributed by atoms with E-state index in [9.17, 15) is 0 Å². The first-order valence-corrected chi connectivity index (χ1v) is 4.96. The molecule has 0 amide bonds. The maximum atomic E-state index is 8.30. The Morgan fingerprint density at radius 2 is 1.50 bits per heavy atom. The van der Waals surface area contributed by atoms with Crippen molar-refractivity contribution >= 4 is 0 Å². The van der Waals surface area contributed by atoms with Gasteiger partial charge in [-0.05, 0) is 20.8 Å². The Balaban J connectivity index is 0.000000249. The zero-order valence-electron chi connectivity index (χ0n) is 9.41. The Hall–Kier alpha value is -0.160. The summed E-state index contributed by atoms with van der Waals surface area (Å²) in [6.45, 7) is 9.54. The van der Waals surface area contributed by atoms with E-state index in [1.807, 2.05) is 20.8 Å². The van der Waals surface area contributed by atoms with Crippen molar-refractivity contribution in [3.05, 3.63) is 0 Å². The number of ether oxygens (including phenoxy) is 3. The van der Waals surface area contributed by atoms with Crippen molar-refractivity contribution in [3.63, 3.8) is 0 Å². The Labute approximate surface area is 86.2 Å². The van der Waals surface area contributed by atoms with Gasteiger partial charge in [0.1, 0.15) is 0 Å². The smallest absolute Gasteiger partial charge is 0.0704 e. The van der Waals surface area contributed by atoms with Gasteiger partial charge in [0.2, 0.25) is 0 Å². The number of hydrogen-bond donors (Lipinski definition) is 1. The largest absolute Gasteiger partial charge is 0.394 e. The Morgan fingerprint density at radius 3 is 1.64 bits per heavy atom. The van der Waals surface area contributed by atoms with Gasteiger partial charge in [0, 0.05) is 0 Å². The first kappa shape index (κ1) is 13.8. The van der Waals surface area contributed by atoms with Crippen molar-refractivity contribution < 1.29 is 19.3 Å². The summed E-state index contributed by atoms with van der Waals surface area (Å²) in [5, 5.41) is 8.30. The van der Waals surface area contributed by atoms with Gasteiger partial charge < -0.3 is 19.3 Å². The Kier molecular flexibility index (Phi) is 8.08. The molecule has 86 valence electrons. The van der Waals surface area contributed by atoms with Crippen molar-refractivity contribution in [1.29, 1.82) is 0 Å². The fourth-order valence-corrected chi connectivity index (χ4v) is 0.792. The van der Waals surface area contributed by atoms with E-state index in [-0.39, 0.29) is 12.2 Å². The highest BCUT2D eigenvalue weighted by Gasteiger charge is 2.07. The lowest BCUT2D eigenvalue weighted by atomic mass is 10.2. The van der Waals surface area contributed by atoms with Crippen LogP contribution in [0, 0.1) is 0 Å². The van der Waals surface area contributed by atoms with Crippen molar-refractivity contribution in [1.82, 2.24) is 0 Å². The Morgan fingerprint density at radius 1 is 1.07 bits per heavy atom. The minimum atomic E-state index is -0.108. The van der Waals surface area contributed by atoms with E-state index in [1.54, 1.807) is 0 Å². The highest BCUT2D eigenvalue weighted by molar-refractivity contribution is 4.57. The summed E-state index contributed by atoms with van der Waals surface area (Å²) in [6.07, 6.45) is 0. The van der Waals surface area contributed by atoms with Crippen molar-refractivity contribution in [2.24, 2.45) is 0 Å². The third kappa shape index (κ3) is 11.8. The number of hydrogen-bond acceptors (Lipinski definition) is 4. The monoisotopic (exact) mass is 206 g/mol. The molecule has 0 spiro atoms. The molecule has 1 N–H and O–H groups in total. The average molecular weight is 206 g/mol. The van der Waals surface area contributed by atoms with Crippen molar-refractivity contribution in [3.8, 4) is 0 Å². The van der Waals surface area contributed by atoms with E-state index in [0.29, 0.717) is 6.61 Å². The molecule has 0 aliphatic carbocycles. The van der Waals surface area contributed by atoms with Gasteiger partial charge in [-0.25, -0.2) is 0 Å². The van der Waals surface area contributed by atoms with Crippen LogP contribution in [0.25, 0.3) is 0 Å². The predicted octanol–water partition coefficient (Wildman–Crippen LogP) is 0.827. The Bertz CT molecular complexity index is 104. The highest BCUT2D eigenvalue weighted by Crippen LogP contribution is 2.04. The number of aliphatic hydroxyl groups is 1. The minimum absolute atomic E-state index is 0.108. The zero-order valence-corrected chi connectivity index (χ0v) is 9.41. The van der Waals surface area contributed by atoms with E-state index in [4.69, 9.17) is 19.3 Å². The summed E-state index contributed by atoms with van der Waals surface area (Å²) < 4.78 is 15.0. The second kappa shape index (κ2) is 8.17. The standard InChI is InChI=1S/C6H14O2.C4H8O2/c1-6(2,3)8-5-4-7;1-2-6-4-3-5-1/h7H,4-5H2,1-3H3;1-4H2. The minimum Gasteiger partial charge on any atom is -0.394 e. The molecular weight excluding hydrogens is 184 g/mol. The van der Waals surface area contributed by atoms with E-state index >= 15 is 0 Å². The van der Waals surface area contributed by atoms with Crippen LogP contribution in [0.4, 0.5) is 0 Å². The van der Waals surface area contributed by atoms with Crippen LogP contribution in [-0.2, 0) is 14.2 Å². The quantitative estimate of drug-likeness (QED) is 0.727. The van der Waals surface area contributed by atoms with E-state index in [1.165, 1.54) is 0 Å². The normalized spacial score (nSPS) is 17.1. The SMILES string of the molecule is C1COCCO1.CC(C)(C)OCCO. The summed E-state index contributed by atoms with van der Waals surface area (Å²) in [4.78, 5) is 0. The highest BCUT2D eigenvalue weighted by atomic mass is 16.6. The van der Waals surface area contributed by atoms with Crippen LogP contribution in [0.3, 0.4) is 0 Å². The van der Waals surface area contributed by atoms with Gasteiger partial charge in [0.15, 0.2) is 0 Å². The summed E-state index contributed by atoms with van der Waals surface area (Å²) >= 11 is 0. The molecule has 1 rings (SSSR count). The number of rotatable bonds is 2. The molecule has 4 heteroatoms. The molecule has 1 saturated heterocycles. The van der Waals surface area contributed by atoms with Gasteiger partial charge in [-0.15, -0.1) is 0 Å². The van der Waals surface area contributed by atoms with Gasteiger partial charge in [-0.2, -0.15) is 0 Å². The van der Waals surface area contributed by atoms with Crippen LogP contribution >= 0.6 is 0 Å². The topological polar surface area (TPSA) is 47.9 Å². The van der Waals surface area contributed by atoms with Crippen LogP contribution in [0.5, 0.6) is 0 Å². The number of aliphatic hydroxyl groups excluding tert-OH is 1. The van der Waals surface area contributed by atoms with Gasteiger partial charge in [0.25, 0.3) is 0 Å². The molecule has 4 nitrogen and oxygen atoms in total. The molecule has 0 atom stereocenters. The molecule has 0 aromatic heterocycles. The summed E-state index contributed by atoms with van der Waals surface area (Å²) in [7, 11) is 0. The maximum Gasteiger partial charge on any atom is 0.0704 e. The molecule has 1 aliphatic rings. The molecule has 0 saturated carbocycles. The average Bonchev–Trinajstić information content (AvgIpc) is 2.17. The fourth-order valence-electron chi connectivity index (χ4n) is 0.792. The molecular formula is C10H22O4. The third-order valence-corrected chi connectivity index (χ3v) is 1.37. The summed E-state index contributed by atoms with van der Waals surface area (Å²) in [5.74, 6) is 0. The fraction of sp³-hybridized carbons (Fsp3) is 1.00. The van der Waals surface area contributed by atoms with Crippen LogP contribution in [0.2, 0.25) is 0 Å². The zero-order chi connectivity index (χ0) is 10.9. The molecule has 1 aliphatic heterocycles. The van der Waals surface area contributed by atoms with E-state index in [2.05, 4.69) is 0 Å². The maximum absolute atomic E-state index is 8.30. The van der Waals surface area contributed by atoms with Crippen molar-refractivity contribution in [2.45, 2.75) is 26.4 Å². The molecule has 0 aromatic carbocycles. The lowest BCUT2D eigenvalue weighted by molar-refractivity contribution is -0.0334. The van der Waals surface area contributed by atoms with Gasteiger partial charge >= 0.3 is 0 Å². The van der Waals surface area contributed by atoms with E-state index < -0.39 is 0 Å². The van der Waals surface area contributed by atoms with Crippen molar-refractivity contribution in [2.75, 3.05) is 39.6 Å². The molecule has 0 radical (unpaired) electrons. The third-order valence-electron chi connectivity index (χ3n) is 1.37. The van der Waals surface area contributed by atoms with Gasteiger partial charge in [0.05, 0.1) is 45.2 Å². The molecule has 14 heavy (non-hydrogen) atoms. The van der Waals surface area contributed by atoms with Crippen LogP contribution < -0.4 is 0 Å². The first-order chi connectivity index (χ1) is 6.56. The van der Waals surface area contributed by atoms with Crippen LogP contribution in [0.1, 0.15) is 20.8 Å². The van der Waals surface area contributed by atoms with Gasteiger partial charge in [-0.1, -0.05) is 0 Å². The predicted molar refractivity (Wildman–Crippen MR) is 54.4 cm³/mol. The molecule has 0 aromatic rings.